The van der Waals surface area contributed by atoms with Gasteiger partial charge in [0, 0.05) is 12.5 Å². The highest BCUT2D eigenvalue weighted by molar-refractivity contribution is 6.99. The van der Waals surface area contributed by atoms with Crippen molar-refractivity contribution in [1.82, 2.24) is 0 Å². The standard InChI is InChI=1S/C21H26O2Si/c1-21(2,3)24(19-10-6-4-7-11-19,20-12-8-5-9-13-20)23-16-18-14-17(18)15-22/h4-13,15,17-18H,14,16H2,1-3H3/t17-,18+/m1/s1. The summed E-state index contributed by atoms with van der Waals surface area (Å²) in [7, 11) is -2.43. The molecule has 0 N–H and O–H groups in total. The van der Waals surface area contributed by atoms with E-state index >= 15 is 0 Å². The number of benzene rings is 2. The minimum Gasteiger partial charge on any atom is -0.407 e. The Morgan fingerprint density at radius 1 is 1.00 bits per heavy atom. The average molecular weight is 339 g/mol. The van der Waals surface area contributed by atoms with Crippen molar-refractivity contribution in [2.45, 2.75) is 32.2 Å². The van der Waals surface area contributed by atoms with Crippen LogP contribution in [0.2, 0.25) is 5.04 Å². The van der Waals surface area contributed by atoms with Crippen molar-refractivity contribution >= 4 is 25.0 Å². The number of aldehydes is 1. The molecule has 2 atom stereocenters. The maximum atomic E-state index is 11.0. The Labute approximate surface area is 146 Å². The molecule has 0 aromatic heterocycles. The van der Waals surface area contributed by atoms with Gasteiger partial charge in [0.25, 0.3) is 8.32 Å². The Balaban J connectivity index is 2.05. The van der Waals surface area contributed by atoms with Crippen LogP contribution in [0.1, 0.15) is 27.2 Å². The molecule has 3 rings (SSSR count). The van der Waals surface area contributed by atoms with Crippen LogP contribution in [-0.2, 0) is 9.22 Å². The third kappa shape index (κ3) is 3.11. The molecule has 0 aliphatic heterocycles. The minimum atomic E-state index is -2.43. The fourth-order valence-electron chi connectivity index (χ4n) is 3.62. The molecule has 24 heavy (non-hydrogen) atoms. The van der Waals surface area contributed by atoms with Gasteiger partial charge in [0.05, 0.1) is 0 Å². The molecule has 0 radical (unpaired) electrons. The summed E-state index contributed by atoms with van der Waals surface area (Å²) in [6.07, 6.45) is 2.06. The van der Waals surface area contributed by atoms with Crippen LogP contribution in [0.5, 0.6) is 0 Å². The fraction of sp³-hybridized carbons (Fsp3) is 0.381. The molecule has 0 amide bonds. The first-order valence-corrected chi connectivity index (χ1v) is 10.6. The maximum Gasteiger partial charge on any atom is 0.261 e. The van der Waals surface area contributed by atoms with E-state index in [2.05, 4.69) is 81.4 Å². The van der Waals surface area contributed by atoms with E-state index in [4.69, 9.17) is 4.43 Å². The van der Waals surface area contributed by atoms with Crippen LogP contribution < -0.4 is 10.4 Å². The van der Waals surface area contributed by atoms with Crippen LogP contribution in [0.25, 0.3) is 0 Å². The van der Waals surface area contributed by atoms with E-state index in [9.17, 15) is 4.79 Å². The molecular formula is C21H26O2Si. The molecule has 126 valence electrons. The van der Waals surface area contributed by atoms with Gasteiger partial charge in [0.2, 0.25) is 0 Å². The van der Waals surface area contributed by atoms with Crippen LogP contribution in [-0.4, -0.2) is 21.2 Å². The van der Waals surface area contributed by atoms with Gasteiger partial charge in [-0.1, -0.05) is 81.4 Å². The molecule has 3 heteroatoms. The number of hydrogen-bond acceptors (Lipinski definition) is 2. The quantitative estimate of drug-likeness (QED) is 0.596. The average Bonchev–Trinajstić information content (AvgIpc) is 3.35. The first-order chi connectivity index (χ1) is 11.5. The second-order valence-electron chi connectivity index (χ2n) is 7.77. The van der Waals surface area contributed by atoms with Crippen LogP contribution in [0, 0.1) is 11.8 Å². The zero-order chi connectivity index (χ0) is 17.2. The monoisotopic (exact) mass is 338 g/mol. The molecule has 0 heterocycles. The summed E-state index contributed by atoms with van der Waals surface area (Å²) in [6, 6.07) is 21.3. The van der Waals surface area contributed by atoms with Gasteiger partial charge in [-0.25, -0.2) is 0 Å². The third-order valence-corrected chi connectivity index (χ3v) is 10.1. The summed E-state index contributed by atoms with van der Waals surface area (Å²) in [5.74, 6) is 0.590. The number of rotatable bonds is 6. The summed E-state index contributed by atoms with van der Waals surface area (Å²) in [5, 5.41) is 2.60. The number of carbonyl (C=O) groups excluding carboxylic acids is 1. The molecule has 2 aromatic rings. The third-order valence-electron chi connectivity index (χ3n) is 5.08. The van der Waals surface area contributed by atoms with Crippen molar-refractivity contribution in [1.29, 1.82) is 0 Å². The molecule has 2 nitrogen and oxygen atoms in total. The van der Waals surface area contributed by atoms with E-state index in [0.717, 1.165) is 12.7 Å². The first kappa shape index (κ1) is 17.1. The molecule has 0 unspecified atom stereocenters. The van der Waals surface area contributed by atoms with E-state index in [1.165, 1.54) is 10.4 Å². The van der Waals surface area contributed by atoms with Gasteiger partial charge in [0.15, 0.2) is 0 Å². The van der Waals surface area contributed by atoms with Gasteiger partial charge in [-0.3, -0.25) is 0 Å². The van der Waals surface area contributed by atoms with Gasteiger partial charge < -0.3 is 9.22 Å². The summed E-state index contributed by atoms with van der Waals surface area (Å²) in [5.41, 5.74) is 0. The van der Waals surface area contributed by atoms with E-state index in [1.807, 2.05) is 0 Å². The molecule has 2 aromatic carbocycles. The zero-order valence-electron chi connectivity index (χ0n) is 14.7. The van der Waals surface area contributed by atoms with Crippen molar-refractivity contribution in [3.8, 4) is 0 Å². The van der Waals surface area contributed by atoms with Crippen molar-refractivity contribution in [2.75, 3.05) is 6.61 Å². The Kier molecular flexibility index (Phi) is 4.75. The lowest BCUT2D eigenvalue weighted by Gasteiger charge is -2.43. The zero-order valence-corrected chi connectivity index (χ0v) is 15.7. The second-order valence-corrected chi connectivity index (χ2v) is 12.1. The van der Waals surface area contributed by atoms with Gasteiger partial charge in [-0.2, -0.15) is 0 Å². The lowest BCUT2D eigenvalue weighted by Crippen LogP contribution is -2.66. The molecule has 1 fully saturated rings. The molecular weight excluding hydrogens is 312 g/mol. The molecule has 1 aliphatic carbocycles. The smallest absolute Gasteiger partial charge is 0.261 e. The Bertz CT molecular complexity index is 636. The highest BCUT2D eigenvalue weighted by Crippen LogP contribution is 2.41. The highest BCUT2D eigenvalue weighted by Gasteiger charge is 2.51. The van der Waals surface area contributed by atoms with Crippen LogP contribution >= 0.6 is 0 Å². The van der Waals surface area contributed by atoms with Gasteiger partial charge in [0.1, 0.15) is 6.29 Å². The molecule has 1 aliphatic rings. The summed E-state index contributed by atoms with van der Waals surface area (Å²) >= 11 is 0. The highest BCUT2D eigenvalue weighted by atomic mass is 28.4. The summed E-state index contributed by atoms with van der Waals surface area (Å²) in [6.45, 7) is 7.52. The fourth-order valence-corrected chi connectivity index (χ4v) is 8.24. The van der Waals surface area contributed by atoms with Crippen molar-refractivity contribution in [2.24, 2.45) is 11.8 Å². The van der Waals surface area contributed by atoms with E-state index in [-0.39, 0.29) is 11.0 Å². The van der Waals surface area contributed by atoms with Crippen molar-refractivity contribution in [3.05, 3.63) is 60.7 Å². The summed E-state index contributed by atoms with van der Waals surface area (Å²) < 4.78 is 6.80. The Morgan fingerprint density at radius 2 is 1.50 bits per heavy atom. The van der Waals surface area contributed by atoms with Gasteiger partial charge in [-0.05, 0) is 27.8 Å². The van der Waals surface area contributed by atoms with Crippen molar-refractivity contribution < 1.29 is 9.22 Å². The number of hydrogen-bond donors (Lipinski definition) is 0. The van der Waals surface area contributed by atoms with Crippen LogP contribution in [0.3, 0.4) is 0 Å². The molecule has 0 spiro atoms. The molecule has 1 saturated carbocycles. The van der Waals surface area contributed by atoms with Gasteiger partial charge >= 0.3 is 0 Å². The minimum absolute atomic E-state index is 0.00126. The van der Waals surface area contributed by atoms with Crippen molar-refractivity contribution in [3.63, 3.8) is 0 Å². The normalized spacial score (nSPS) is 20.6. The lowest BCUT2D eigenvalue weighted by molar-refractivity contribution is -0.109. The van der Waals surface area contributed by atoms with E-state index in [0.29, 0.717) is 12.5 Å². The topological polar surface area (TPSA) is 26.3 Å². The predicted molar refractivity (Wildman–Crippen MR) is 101 cm³/mol. The van der Waals surface area contributed by atoms with E-state index < -0.39 is 8.32 Å². The van der Waals surface area contributed by atoms with Crippen LogP contribution in [0.4, 0.5) is 0 Å². The summed E-state index contributed by atoms with van der Waals surface area (Å²) in [4.78, 5) is 11.0. The van der Waals surface area contributed by atoms with Crippen LogP contribution in [0.15, 0.2) is 60.7 Å². The molecule has 0 saturated heterocycles. The number of carbonyl (C=O) groups is 1. The Morgan fingerprint density at radius 3 is 1.88 bits per heavy atom. The van der Waals surface area contributed by atoms with E-state index in [1.54, 1.807) is 0 Å². The second kappa shape index (κ2) is 6.65. The predicted octanol–water partition coefficient (Wildman–Crippen LogP) is 3.40. The Hall–Kier alpha value is -1.71. The maximum absolute atomic E-state index is 11.0. The molecule has 0 bridgehead atoms. The SMILES string of the molecule is CC(C)(C)[Si](OC[C@@H]1C[C@@H]1C=O)(c1ccccc1)c1ccccc1. The largest absolute Gasteiger partial charge is 0.407 e. The van der Waals surface area contributed by atoms with Gasteiger partial charge in [-0.15, -0.1) is 0 Å². The lowest BCUT2D eigenvalue weighted by atomic mass is 10.2. The first-order valence-electron chi connectivity index (χ1n) is 8.69.